The van der Waals surface area contributed by atoms with Crippen molar-refractivity contribution >= 4 is 11.1 Å². The fraction of sp³-hybridized carbons (Fsp3) is 0.200. The van der Waals surface area contributed by atoms with E-state index in [2.05, 4.69) is 6.58 Å². The molecule has 8 heavy (non-hydrogen) atoms. The molecule has 0 radical (unpaired) electrons. The maximum atomic E-state index is 9.89. The first-order valence-corrected chi connectivity index (χ1v) is 3.23. The van der Waals surface area contributed by atoms with Gasteiger partial charge in [-0.05, 0) is 13.0 Å². The molecule has 2 nitrogen and oxygen atoms in total. The number of rotatable bonds is 2. The molecule has 1 unspecified atom stereocenters. The fourth-order valence-electron chi connectivity index (χ4n) is 0.174. The standard InChI is InChI=1S/C5H8O2S/c1-5(2)3-4-8(6)7/h3-4H,1H2,2H3,(H,6,7). The van der Waals surface area contributed by atoms with Gasteiger partial charge >= 0.3 is 0 Å². The summed E-state index contributed by atoms with van der Waals surface area (Å²) >= 11 is -1.83. The summed E-state index contributed by atoms with van der Waals surface area (Å²) in [6, 6.07) is 0. The first-order valence-electron chi connectivity index (χ1n) is 2.06. The monoisotopic (exact) mass is 132 g/mol. The van der Waals surface area contributed by atoms with Crippen molar-refractivity contribution in [1.82, 2.24) is 0 Å². The van der Waals surface area contributed by atoms with E-state index in [9.17, 15) is 4.21 Å². The molecule has 0 saturated carbocycles. The number of allylic oxidation sites excluding steroid dienone is 2. The molecule has 46 valence electrons. The van der Waals surface area contributed by atoms with Crippen LogP contribution in [0.25, 0.3) is 0 Å². The van der Waals surface area contributed by atoms with Crippen molar-refractivity contribution in [2.75, 3.05) is 0 Å². The molecule has 3 heteroatoms. The van der Waals surface area contributed by atoms with E-state index in [0.29, 0.717) is 0 Å². The largest absolute Gasteiger partial charge is 0.303 e. The zero-order chi connectivity index (χ0) is 6.57. The van der Waals surface area contributed by atoms with Gasteiger partial charge in [0.2, 0.25) is 0 Å². The lowest BCUT2D eigenvalue weighted by Crippen LogP contribution is -1.75. The average molecular weight is 132 g/mol. The van der Waals surface area contributed by atoms with Gasteiger partial charge in [-0.3, -0.25) is 0 Å². The molecular weight excluding hydrogens is 124 g/mol. The van der Waals surface area contributed by atoms with Crippen LogP contribution in [0.1, 0.15) is 6.92 Å². The van der Waals surface area contributed by atoms with Crippen LogP contribution >= 0.6 is 0 Å². The summed E-state index contributed by atoms with van der Waals surface area (Å²) in [6.45, 7) is 5.25. The van der Waals surface area contributed by atoms with Crippen LogP contribution < -0.4 is 0 Å². The summed E-state index contributed by atoms with van der Waals surface area (Å²) in [7, 11) is 0. The van der Waals surface area contributed by atoms with Crippen LogP contribution in [-0.4, -0.2) is 8.76 Å². The normalized spacial score (nSPS) is 14.2. The summed E-state index contributed by atoms with van der Waals surface area (Å²) in [5.74, 6) is 0. The molecule has 0 fully saturated rings. The van der Waals surface area contributed by atoms with Crippen molar-refractivity contribution in [2.45, 2.75) is 6.92 Å². The highest BCUT2D eigenvalue weighted by Crippen LogP contribution is 1.88. The van der Waals surface area contributed by atoms with Crippen LogP contribution in [0.2, 0.25) is 0 Å². The lowest BCUT2D eigenvalue weighted by molar-refractivity contribution is 0.574. The van der Waals surface area contributed by atoms with Crippen molar-refractivity contribution < 1.29 is 8.76 Å². The molecule has 0 aliphatic carbocycles. The Balaban J connectivity index is 3.67. The van der Waals surface area contributed by atoms with Crippen molar-refractivity contribution in [3.05, 3.63) is 23.6 Å². The van der Waals surface area contributed by atoms with Crippen molar-refractivity contribution in [3.8, 4) is 0 Å². The van der Waals surface area contributed by atoms with Crippen LogP contribution in [0.5, 0.6) is 0 Å². The van der Waals surface area contributed by atoms with Gasteiger partial charge in [0.1, 0.15) is 0 Å². The zero-order valence-electron chi connectivity index (χ0n) is 4.63. The molecule has 0 aromatic carbocycles. The van der Waals surface area contributed by atoms with Crippen molar-refractivity contribution in [1.29, 1.82) is 0 Å². The van der Waals surface area contributed by atoms with Gasteiger partial charge in [-0.15, -0.1) is 0 Å². The third-order valence-electron chi connectivity index (χ3n) is 0.469. The number of hydrogen-bond donors (Lipinski definition) is 1. The second-order valence-electron chi connectivity index (χ2n) is 1.43. The van der Waals surface area contributed by atoms with Gasteiger partial charge < -0.3 is 4.55 Å². The third-order valence-corrected chi connectivity index (χ3v) is 0.838. The lowest BCUT2D eigenvalue weighted by Gasteiger charge is -1.80. The van der Waals surface area contributed by atoms with E-state index in [1.165, 1.54) is 11.5 Å². The van der Waals surface area contributed by atoms with Gasteiger partial charge in [-0.1, -0.05) is 12.2 Å². The molecule has 0 rings (SSSR count). The smallest absolute Gasteiger partial charge is 0.178 e. The molecule has 0 amide bonds. The molecule has 0 saturated heterocycles. The predicted octanol–water partition coefficient (Wildman–Crippen LogP) is 1.30. The first kappa shape index (κ1) is 7.59. The molecule has 0 spiro atoms. The van der Waals surface area contributed by atoms with Gasteiger partial charge in [-0.2, -0.15) is 0 Å². The third kappa shape index (κ3) is 5.59. The van der Waals surface area contributed by atoms with E-state index in [4.69, 9.17) is 4.55 Å². The second-order valence-corrected chi connectivity index (χ2v) is 2.25. The molecule has 0 aliphatic heterocycles. The maximum absolute atomic E-state index is 9.89. The minimum Gasteiger partial charge on any atom is -0.303 e. The summed E-state index contributed by atoms with van der Waals surface area (Å²) < 4.78 is 18.0. The average Bonchev–Trinajstić information content (AvgIpc) is 1.61. The van der Waals surface area contributed by atoms with Crippen LogP contribution in [0.4, 0.5) is 0 Å². The highest BCUT2D eigenvalue weighted by atomic mass is 32.2. The quantitative estimate of drug-likeness (QED) is 0.454. The molecule has 1 N–H and O–H groups in total. The van der Waals surface area contributed by atoms with Crippen LogP contribution in [-0.2, 0) is 11.1 Å². The second kappa shape index (κ2) is 3.57. The van der Waals surface area contributed by atoms with Crippen LogP contribution in [0.3, 0.4) is 0 Å². The summed E-state index contributed by atoms with van der Waals surface area (Å²) in [5.41, 5.74) is 0.771. The SMILES string of the molecule is C=C(C)C=CS(=O)O. The zero-order valence-corrected chi connectivity index (χ0v) is 5.44. The maximum Gasteiger partial charge on any atom is 0.178 e. The van der Waals surface area contributed by atoms with Crippen LogP contribution in [0, 0.1) is 0 Å². The molecule has 0 aliphatic rings. The topological polar surface area (TPSA) is 37.3 Å². The summed E-state index contributed by atoms with van der Waals surface area (Å²) in [4.78, 5) is 0. The summed E-state index contributed by atoms with van der Waals surface area (Å²) in [5, 5.41) is 1.17. The Morgan fingerprint density at radius 1 is 1.88 bits per heavy atom. The van der Waals surface area contributed by atoms with Crippen molar-refractivity contribution in [3.63, 3.8) is 0 Å². The van der Waals surface area contributed by atoms with E-state index >= 15 is 0 Å². The van der Waals surface area contributed by atoms with Gasteiger partial charge in [0.15, 0.2) is 11.1 Å². The fourth-order valence-corrected chi connectivity index (χ4v) is 0.523. The Bertz CT molecular complexity index is 121. The molecule has 0 aromatic rings. The van der Waals surface area contributed by atoms with Gasteiger partial charge in [0.05, 0.1) is 0 Å². The van der Waals surface area contributed by atoms with Gasteiger partial charge in [0.25, 0.3) is 0 Å². The summed E-state index contributed by atoms with van der Waals surface area (Å²) in [6.07, 6.45) is 1.50. The Labute approximate surface area is 51.2 Å². The minimum absolute atomic E-state index is 0.771. The van der Waals surface area contributed by atoms with Gasteiger partial charge in [-0.25, -0.2) is 4.21 Å². The number of hydrogen-bond acceptors (Lipinski definition) is 1. The molecule has 0 bridgehead atoms. The highest BCUT2D eigenvalue weighted by Gasteiger charge is 1.78. The Morgan fingerprint density at radius 2 is 2.38 bits per heavy atom. The Hall–Kier alpha value is -0.410. The van der Waals surface area contributed by atoms with E-state index < -0.39 is 11.1 Å². The molecule has 0 heterocycles. The Kier molecular flexibility index (Phi) is 3.39. The first-order chi connectivity index (χ1) is 3.63. The van der Waals surface area contributed by atoms with Crippen LogP contribution in [0.15, 0.2) is 23.6 Å². The van der Waals surface area contributed by atoms with Gasteiger partial charge in [0, 0.05) is 5.41 Å². The lowest BCUT2D eigenvalue weighted by atomic mass is 10.4. The van der Waals surface area contributed by atoms with E-state index in [1.54, 1.807) is 6.92 Å². The highest BCUT2D eigenvalue weighted by molar-refractivity contribution is 7.82. The minimum atomic E-state index is -1.83. The van der Waals surface area contributed by atoms with E-state index in [1.807, 2.05) is 0 Å². The molecule has 1 atom stereocenters. The van der Waals surface area contributed by atoms with E-state index in [0.717, 1.165) is 5.57 Å². The van der Waals surface area contributed by atoms with Crippen molar-refractivity contribution in [2.24, 2.45) is 0 Å². The van der Waals surface area contributed by atoms with E-state index in [-0.39, 0.29) is 0 Å². The molecule has 0 aromatic heterocycles. The predicted molar refractivity (Wildman–Crippen MR) is 34.7 cm³/mol. The molecular formula is C5H8O2S. The Morgan fingerprint density at radius 3 is 2.50 bits per heavy atom.